The van der Waals surface area contributed by atoms with E-state index >= 15 is 0 Å². The van der Waals surface area contributed by atoms with Crippen molar-refractivity contribution in [1.29, 1.82) is 0 Å². The highest BCUT2D eigenvalue weighted by molar-refractivity contribution is 8.00. The quantitative estimate of drug-likeness (QED) is 0.101. The molecule has 0 saturated heterocycles. The van der Waals surface area contributed by atoms with Gasteiger partial charge in [0.25, 0.3) is 11.8 Å². The summed E-state index contributed by atoms with van der Waals surface area (Å²) in [6.45, 7) is 1.55. The molecule has 4 rings (SSSR count). The lowest BCUT2D eigenvalue weighted by Crippen LogP contribution is -2.30. The number of rotatable bonds is 12. The molecule has 0 fully saturated rings. The smallest absolute Gasteiger partial charge is 0.418 e. The lowest BCUT2D eigenvalue weighted by Gasteiger charge is -2.17. The van der Waals surface area contributed by atoms with Crippen LogP contribution in [0.2, 0.25) is 5.02 Å². The Bertz CT molecular complexity index is 1830. The molecule has 3 amide bonds. The zero-order valence-corrected chi connectivity index (χ0v) is 28.2. The maximum absolute atomic E-state index is 13.5. The minimum atomic E-state index is -4.71. The fourth-order valence-electron chi connectivity index (χ4n) is 4.46. The number of hydrogen-bond acceptors (Lipinski definition) is 7. The first-order chi connectivity index (χ1) is 23.3. The van der Waals surface area contributed by atoms with Gasteiger partial charge in [0, 0.05) is 21.2 Å². The summed E-state index contributed by atoms with van der Waals surface area (Å²) in [5, 5.41) is 6.84. The summed E-state index contributed by atoms with van der Waals surface area (Å²) in [4.78, 5) is 40.0. The molecule has 0 spiro atoms. The maximum atomic E-state index is 13.5. The molecule has 0 bridgehead atoms. The number of methoxy groups -OCH3 is 3. The van der Waals surface area contributed by atoms with Gasteiger partial charge in [0.15, 0.2) is 11.5 Å². The van der Waals surface area contributed by atoms with Crippen molar-refractivity contribution >= 4 is 58.5 Å². The molecule has 9 nitrogen and oxygen atoms in total. The van der Waals surface area contributed by atoms with E-state index < -0.39 is 40.4 Å². The zero-order valence-electron chi connectivity index (χ0n) is 26.6. The third-order valence-corrected chi connectivity index (χ3v) is 8.21. The Balaban J connectivity index is 1.51. The topological polar surface area (TPSA) is 115 Å². The molecule has 0 aliphatic rings. The predicted octanol–water partition coefficient (Wildman–Crippen LogP) is 7.91. The minimum Gasteiger partial charge on any atom is -0.493 e. The monoisotopic (exact) mass is 713 g/mol. The normalized spacial score (nSPS) is 12.0. The highest BCUT2D eigenvalue weighted by Crippen LogP contribution is 2.39. The van der Waals surface area contributed by atoms with Crippen LogP contribution in [0.3, 0.4) is 0 Å². The fourth-order valence-corrected chi connectivity index (χ4v) is 5.50. The van der Waals surface area contributed by atoms with Crippen LogP contribution in [0.4, 0.5) is 24.5 Å². The van der Waals surface area contributed by atoms with Crippen molar-refractivity contribution in [3.63, 3.8) is 0 Å². The van der Waals surface area contributed by atoms with Crippen molar-refractivity contribution in [1.82, 2.24) is 5.32 Å². The van der Waals surface area contributed by atoms with E-state index in [1.54, 1.807) is 73.7 Å². The molecule has 4 aromatic carbocycles. The van der Waals surface area contributed by atoms with Crippen LogP contribution >= 0.6 is 23.4 Å². The number of thioether (sulfide) groups is 1. The summed E-state index contributed by atoms with van der Waals surface area (Å²) in [6.07, 6.45) is -3.26. The SMILES string of the molecule is COc1cc(/C=C(\NC(=O)c2ccccc2)C(=O)Nc2ccc(SC(C)C(=O)Nc3ccc(Cl)cc3C(F)(F)F)cc2)cc(OC)c1OC. The number of carbonyl (C=O) groups is 3. The van der Waals surface area contributed by atoms with Crippen LogP contribution < -0.4 is 30.2 Å². The maximum Gasteiger partial charge on any atom is 0.418 e. The van der Waals surface area contributed by atoms with E-state index in [-0.39, 0.29) is 10.7 Å². The standard InChI is InChI=1S/C35H31ClF3N3O6S/c1-20(32(43)41-27-15-10-23(36)19-26(27)35(37,38)39)49-25-13-11-24(12-14-25)40-34(45)28(42-33(44)22-8-6-5-7-9-22)16-21-17-29(46-2)31(48-4)30(18-21)47-3/h5-20H,1-4H3,(H,40,45)(H,41,43)(H,42,44)/b28-16-. The van der Waals surface area contributed by atoms with Crippen LogP contribution in [-0.4, -0.2) is 44.3 Å². The van der Waals surface area contributed by atoms with Gasteiger partial charge in [-0.1, -0.05) is 29.8 Å². The van der Waals surface area contributed by atoms with Crippen molar-refractivity contribution < 1.29 is 41.8 Å². The van der Waals surface area contributed by atoms with Gasteiger partial charge in [0.2, 0.25) is 11.7 Å². The number of carbonyl (C=O) groups excluding carboxylic acids is 3. The van der Waals surface area contributed by atoms with Gasteiger partial charge in [-0.2, -0.15) is 13.2 Å². The Kier molecular flexibility index (Phi) is 12.2. The van der Waals surface area contributed by atoms with Crippen molar-refractivity contribution in [2.45, 2.75) is 23.2 Å². The Morgan fingerprint density at radius 3 is 2.04 bits per heavy atom. The van der Waals surface area contributed by atoms with Gasteiger partial charge >= 0.3 is 6.18 Å². The van der Waals surface area contributed by atoms with Gasteiger partial charge in [0.05, 0.1) is 37.8 Å². The molecule has 49 heavy (non-hydrogen) atoms. The van der Waals surface area contributed by atoms with Crippen molar-refractivity contribution in [2.75, 3.05) is 32.0 Å². The van der Waals surface area contributed by atoms with E-state index in [0.29, 0.717) is 39.0 Å². The number of alkyl halides is 3. The molecular weight excluding hydrogens is 683 g/mol. The van der Waals surface area contributed by atoms with Crippen LogP contribution in [0.5, 0.6) is 17.2 Å². The molecule has 0 aliphatic carbocycles. The summed E-state index contributed by atoms with van der Waals surface area (Å²) < 4.78 is 56.6. The zero-order chi connectivity index (χ0) is 35.7. The number of halogens is 4. The van der Waals surface area contributed by atoms with Crippen LogP contribution in [0.25, 0.3) is 6.08 Å². The van der Waals surface area contributed by atoms with E-state index in [4.69, 9.17) is 25.8 Å². The molecular formula is C35H31ClF3N3O6S. The summed E-state index contributed by atoms with van der Waals surface area (Å²) in [7, 11) is 4.37. The van der Waals surface area contributed by atoms with E-state index in [2.05, 4.69) is 16.0 Å². The van der Waals surface area contributed by atoms with E-state index in [1.165, 1.54) is 33.5 Å². The van der Waals surface area contributed by atoms with Gasteiger partial charge < -0.3 is 30.2 Å². The van der Waals surface area contributed by atoms with E-state index in [1.807, 2.05) is 0 Å². The van der Waals surface area contributed by atoms with Crippen LogP contribution in [0.15, 0.2) is 95.5 Å². The van der Waals surface area contributed by atoms with Crippen LogP contribution in [0, 0.1) is 0 Å². The second-order valence-electron chi connectivity index (χ2n) is 10.3. The largest absolute Gasteiger partial charge is 0.493 e. The minimum absolute atomic E-state index is 0.0905. The lowest BCUT2D eigenvalue weighted by molar-refractivity contribution is -0.137. The lowest BCUT2D eigenvalue weighted by atomic mass is 10.1. The first-order valence-corrected chi connectivity index (χ1v) is 15.7. The number of hydrogen-bond donors (Lipinski definition) is 3. The molecule has 0 saturated carbocycles. The molecule has 256 valence electrons. The average molecular weight is 714 g/mol. The molecule has 1 atom stereocenters. The molecule has 0 radical (unpaired) electrons. The van der Waals surface area contributed by atoms with E-state index in [0.717, 1.165) is 23.9 Å². The molecule has 0 aliphatic heterocycles. The number of anilines is 2. The highest BCUT2D eigenvalue weighted by atomic mass is 35.5. The van der Waals surface area contributed by atoms with Crippen LogP contribution in [-0.2, 0) is 15.8 Å². The third kappa shape index (κ3) is 9.71. The molecule has 3 N–H and O–H groups in total. The Labute approximate surface area is 289 Å². The Morgan fingerprint density at radius 2 is 1.47 bits per heavy atom. The summed E-state index contributed by atoms with van der Waals surface area (Å²) in [5.41, 5.74) is -0.379. The second kappa shape index (κ2) is 16.3. The van der Waals surface area contributed by atoms with Crippen molar-refractivity contribution in [3.8, 4) is 17.2 Å². The van der Waals surface area contributed by atoms with Crippen molar-refractivity contribution in [2.24, 2.45) is 0 Å². The third-order valence-electron chi connectivity index (χ3n) is 6.87. The number of ether oxygens (including phenoxy) is 3. The van der Waals surface area contributed by atoms with Crippen LogP contribution in [0.1, 0.15) is 28.4 Å². The molecule has 0 aromatic heterocycles. The summed E-state index contributed by atoms with van der Waals surface area (Å²) in [6, 6.07) is 21.1. The molecule has 14 heteroatoms. The molecule has 4 aromatic rings. The highest BCUT2D eigenvalue weighted by Gasteiger charge is 2.34. The molecule has 1 unspecified atom stereocenters. The number of benzene rings is 4. The summed E-state index contributed by atoms with van der Waals surface area (Å²) in [5.74, 6) is -0.781. The van der Waals surface area contributed by atoms with Gasteiger partial charge in [-0.3, -0.25) is 14.4 Å². The van der Waals surface area contributed by atoms with E-state index in [9.17, 15) is 27.6 Å². The Morgan fingerprint density at radius 1 is 0.837 bits per heavy atom. The second-order valence-corrected chi connectivity index (χ2v) is 12.1. The Hall–Kier alpha value is -5.14. The van der Waals surface area contributed by atoms with Gasteiger partial charge in [-0.15, -0.1) is 11.8 Å². The van der Waals surface area contributed by atoms with Gasteiger partial charge in [-0.05, 0) is 85.3 Å². The average Bonchev–Trinajstić information content (AvgIpc) is 3.08. The van der Waals surface area contributed by atoms with Gasteiger partial charge in [0.1, 0.15) is 5.70 Å². The van der Waals surface area contributed by atoms with Crippen molar-refractivity contribution in [3.05, 3.63) is 112 Å². The molecule has 0 heterocycles. The number of nitrogens with one attached hydrogen (secondary N) is 3. The first-order valence-electron chi connectivity index (χ1n) is 14.5. The first kappa shape index (κ1) is 36.7. The number of amides is 3. The predicted molar refractivity (Wildman–Crippen MR) is 183 cm³/mol. The summed E-state index contributed by atoms with van der Waals surface area (Å²) >= 11 is 6.83. The van der Waals surface area contributed by atoms with Gasteiger partial charge in [-0.25, -0.2) is 0 Å². The fraction of sp³-hybridized carbons (Fsp3) is 0.171.